The van der Waals surface area contributed by atoms with E-state index in [0.29, 0.717) is 19.8 Å². The predicted octanol–water partition coefficient (Wildman–Crippen LogP) is 3.92. The van der Waals surface area contributed by atoms with Gasteiger partial charge in [-0.1, -0.05) is 12.1 Å². The van der Waals surface area contributed by atoms with Gasteiger partial charge in [0.2, 0.25) is 5.91 Å². The number of amides is 1. The van der Waals surface area contributed by atoms with Crippen molar-refractivity contribution < 1.29 is 14.3 Å². The molecule has 160 valence electrons. The van der Waals surface area contributed by atoms with Crippen molar-refractivity contribution in [2.45, 2.75) is 26.4 Å². The second-order valence-corrected chi connectivity index (χ2v) is 8.25. The zero-order valence-electron chi connectivity index (χ0n) is 17.9. The van der Waals surface area contributed by atoms with Gasteiger partial charge < -0.3 is 19.4 Å². The first-order chi connectivity index (χ1) is 15.1. The summed E-state index contributed by atoms with van der Waals surface area (Å²) in [5.74, 6) is 1.54. The number of anilines is 1. The molecule has 1 N–H and O–H groups in total. The minimum absolute atomic E-state index is 0.00852. The fourth-order valence-corrected chi connectivity index (χ4v) is 4.42. The molecule has 6 nitrogen and oxygen atoms in total. The third kappa shape index (κ3) is 3.91. The largest absolute Gasteiger partial charge is 0.486 e. The molecule has 0 aliphatic carbocycles. The number of carbonyl (C=O) groups is 1. The molecule has 31 heavy (non-hydrogen) atoms. The fraction of sp³-hybridized carbons (Fsp3) is 0.320. The van der Waals surface area contributed by atoms with Crippen molar-refractivity contribution in [2.75, 3.05) is 31.6 Å². The third-order valence-electron chi connectivity index (χ3n) is 6.16. The molecule has 1 aromatic heterocycles. The number of carbonyl (C=O) groups excluding carboxylic acids is 1. The predicted molar refractivity (Wildman–Crippen MR) is 120 cm³/mol. The summed E-state index contributed by atoms with van der Waals surface area (Å²) in [7, 11) is 0. The lowest BCUT2D eigenvalue weighted by molar-refractivity contribution is -0.117. The van der Waals surface area contributed by atoms with Gasteiger partial charge in [-0.3, -0.25) is 9.69 Å². The lowest BCUT2D eigenvalue weighted by Gasteiger charge is -2.37. The molecule has 0 radical (unpaired) electrons. The van der Waals surface area contributed by atoms with Crippen LogP contribution < -0.4 is 14.8 Å². The lowest BCUT2D eigenvalue weighted by Crippen LogP contribution is -2.42. The van der Waals surface area contributed by atoms with E-state index in [1.54, 1.807) is 0 Å². The molecule has 3 heterocycles. The molecular weight excluding hydrogens is 390 g/mol. The first-order valence-electron chi connectivity index (χ1n) is 10.7. The van der Waals surface area contributed by atoms with E-state index in [1.807, 2.05) is 24.3 Å². The molecule has 0 spiro atoms. The molecule has 3 aromatic rings. The van der Waals surface area contributed by atoms with Gasteiger partial charge in [-0.25, -0.2) is 0 Å². The van der Waals surface area contributed by atoms with Gasteiger partial charge in [0.15, 0.2) is 11.5 Å². The summed E-state index contributed by atoms with van der Waals surface area (Å²) in [5.41, 5.74) is 5.50. The van der Waals surface area contributed by atoms with Crippen LogP contribution in [0.15, 0.2) is 54.7 Å². The number of nitrogens with one attached hydrogen (secondary N) is 1. The Bertz CT molecular complexity index is 1120. The van der Waals surface area contributed by atoms with Gasteiger partial charge in [0.1, 0.15) is 13.2 Å². The van der Waals surface area contributed by atoms with Crippen LogP contribution in [0.3, 0.4) is 0 Å². The molecule has 0 bridgehead atoms. The van der Waals surface area contributed by atoms with Crippen LogP contribution in [-0.2, 0) is 11.3 Å². The Hall–Kier alpha value is -3.25. The summed E-state index contributed by atoms with van der Waals surface area (Å²) in [4.78, 5) is 15.2. The summed E-state index contributed by atoms with van der Waals surface area (Å²) in [5, 5.41) is 3.06. The highest BCUT2D eigenvalue weighted by Gasteiger charge is 2.31. The Balaban J connectivity index is 1.40. The maximum atomic E-state index is 12.9. The molecular formula is C25H27N3O3. The molecule has 6 heteroatoms. The fourth-order valence-electron chi connectivity index (χ4n) is 4.42. The molecule has 0 fully saturated rings. The highest BCUT2D eigenvalue weighted by molar-refractivity contribution is 5.92. The van der Waals surface area contributed by atoms with Crippen LogP contribution in [0.1, 0.15) is 28.4 Å². The SMILES string of the molecule is Cc1ccc(NC(=O)CN2CCn3cccc3C2c2ccc3c(c2)OCCO3)cc1C. The van der Waals surface area contributed by atoms with E-state index in [1.165, 1.54) is 16.8 Å². The van der Waals surface area contributed by atoms with Crippen molar-refractivity contribution in [1.82, 2.24) is 9.47 Å². The first-order valence-corrected chi connectivity index (χ1v) is 10.7. The van der Waals surface area contributed by atoms with Gasteiger partial charge >= 0.3 is 0 Å². The Labute approximate surface area is 182 Å². The highest BCUT2D eigenvalue weighted by Crippen LogP contribution is 2.38. The summed E-state index contributed by atoms with van der Waals surface area (Å²) >= 11 is 0. The van der Waals surface area contributed by atoms with Crippen LogP contribution >= 0.6 is 0 Å². The van der Waals surface area contributed by atoms with E-state index in [-0.39, 0.29) is 11.9 Å². The highest BCUT2D eigenvalue weighted by atomic mass is 16.6. The van der Waals surface area contributed by atoms with Crippen molar-refractivity contribution >= 4 is 11.6 Å². The minimum atomic E-state index is -0.0231. The number of rotatable bonds is 4. The number of nitrogens with zero attached hydrogens (tertiary/aromatic N) is 2. The molecule has 2 aliphatic heterocycles. The first kappa shape index (κ1) is 19.7. The molecule has 0 saturated heterocycles. The van der Waals surface area contributed by atoms with Crippen molar-refractivity contribution in [3.05, 3.63) is 77.1 Å². The summed E-state index contributed by atoms with van der Waals surface area (Å²) < 4.78 is 13.8. The summed E-state index contributed by atoms with van der Waals surface area (Å²) in [6.07, 6.45) is 2.10. The molecule has 5 rings (SSSR count). The molecule has 1 atom stereocenters. The van der Waals surface area contributed by atoms with E-state index >= 15 is 0 Å². The van der Waals surface area contributed by atoms with E-state index < -0.39 is 0 Å². The van der Waals surface area contributed by atoms with Crippen LogP contribution in [0.4, 0.5) is 5.69 Å². The molecule has 0 saturated carbocycles. The number of aromatic nitrogens is 1. The summed E-state index contributed by atoms with van der Waals surface area (Å²) in [6, 6.07) is 16.3. The second-order valence-electron chi connectivity index (χ2n) is 8.25. The smallest absolute Gasteiger partial charge is 0.238 e. The summed E-state index contributed by atoms with van der Waals surface area (Å²) in [6.45, 7) is 7.23. The normalized spacial score (nSPS) is 17.8. The van der Waals surface area contributed by atoms with E-state index in [2.05, 4.69) is 59.1 Å². The van der Waals surface area contributed by atoms with Crippen LogP contribution in [-0.4, -0.2) is 41.7 Å². The van der Waals surface area contributed by atoms with Gasteiger partial charge in [-0.2, -0.15) is 0 Å². The standard InChI is InChI=1S/C25H27N3O3/c1-17-5-7-20(14-18(17)2)26-24(29)16-28-11-10-27-9-3-4-21(27)25(28)19-6-8-22-23(15-19)31-13-12-30-22/h3-9,14-15,25H,10-13,16H2,1-2H3,(H,26,29). The zero-order valence-corrected chi connectivity index (χ0v) is 17.9. The zero-order chi connectivity index (χ0) is 21.4. The van der Waals surface area contributed by atoms with Gasteiger partial charge in [0.05, 0.1) is 12.6 Å². The maximum Gasteiger partial charge on any atom is 0.238 e. The number of benzene rings is 2. The van der Waals surface area contributed by atoms with Gasteiger partial charge in [-0.05, 0) is 66.9 Å². The Morgan fingerprint density at radius 1 is 1.00 bits per heavy atom. The minimum Gasteiger partial charge on any atom is -0.486 e. The Kier molecular flexibility index (Phi) is 5.16. The molecule has 1 amide bonds. The maximum absolute atomic E-state index is 12.9. The van der Waals surface area contributed by atoms with Crippen molar-refractivity contribution in [3.63, 3.8) is 0 Å². The molecule has 2 aromatic carbocycles. The van der Waals surface area contributed by atoms with E-state index in [4.69, 9.17) is 9.47 Å². The third-order valence-corrected chi connectivity index (χ3v) is 6.16. The average molecular weight is 418 g/mol. The molecule has 1 unspecified atom stereocenters. The number of hydrogen-bond donors (Lipinski definition) is 1. The Morgan fingerprint density at radius 3 is 2.68 bits per heavy atom. The quantitative estimate of drug-likeness (QED) is 0.699. The van der Waals surface area contributed by atoms with Crippen molar-refractivity contribution in [1.29, 1.82) is 0 Å². The van der Waals surface area contributed by atoms with E-state index in [0.717, 1.165) is 35.8 Å². The van der Waals surface area contributed by atoms with Gasteiger partial charge in [0.25, 0.3) is 0 Å². The van der Waals surface area contributed by atoms with Crippen molar-refractivity contribution in [2.24, 2.45) is 0 Å². The van der Waals surface area contributed by atoms with Crippen LogP contribution in [0.25, 0.3) is 0 Å². The van der Waals surface area contributed by atoms with E-state index in [9.17, 15) is 4.79 Å². The number of hydrogen-bond acceptors (Lipinski definition) is 4. The van der Waals surface area contributed by atoms with Crippen LogP contribution in [0.2, 0.25) is 0 Å². The van der Waals surface area contributed by atoms with Crippen molar-refractivity contribution in [3.8, 4) is 11.5 Å². The van der Waals surface area contributed by atoms with Gasteiger partial charge in [0, 0.05) is 30.7 Å². The number of aryl methyl sites for hydroxylation is 2. The van der Waals surface area contributed by atoms with Crippen LogP contribution in [0, 0.1) is 13.8 Å². The van der Waals surface area contributed by atoms with Crippen LogP contribution in [0.5, 0.6) is 11.5 Å². The average Bonchev–Trinajstić information content (AvgIpc) is 3.24. The number of fused-ring (bicyclic) bond motifs is 2. The molecule has 2 aliphatic rings. The van der Waals surface area contributed by atoms with Gasteiger partial charge in [-0.15, -0.1) is 0 Å². The topological polar surface area (TPSA) is 55.7 Å². The lowest BCUT2D eigenvalue weighted by atomic mass is 9.99. The second kappa shape index (κ2) is 8.12. The Morgan fingerprint density at radius 2 is 1.84 bits per heavy atom. The monoisotopic (exact) mass is 417 g/mol. The number of ether oxygens (including phenoxy) is 2.